The number of rotatable bonds is 1. The van der Waals surface area contributed by atoms with Crippen LogP contribution in [0.3, 0.4) is 0 Å². The van der Waals surface area contributed by atoms with E-state index in [0.717, 1.165) is 0 Å². The van der Waals surface area contributed by atoms with Crippen molar-refractivity contribution in [2.45, 2.75) is 0 Å². The van der Waals surface area contributed by atoms with Crippen LogP contribution < -0.4 is 0 Å². The molecule has 0 aliphatic carbocycles. The van der Waals surface area contributed by atoms with Crippen molar-refractivity contribution < 1.29 is 0 Å². The molecule has 4 aromatic carbocycles. The highest BCUT2D eigenvalue weighted by atomic mass is 14.6. The van der Waals surface area contributed by atoms with E-state index in [1.807, 2.05) is 12.4 Å². The third-order valence-corrected chi connectivity index (χ3v) is 4.50. The Bertz CT molecular complexity index is 1110. The van der Waals surface area contributed by atoms with Crippen molar-refractivity contribution in [3.8, 4) is 11.1 Å². The van der Waals surface area contributed by atoms with Gasteiger partial charge in [-0.15, -0.1) is 0 Å². The molecule has 5 aromatic rings. The SMILES string of the molecule is c1cc2ccc3cccc4c(-c5ccncc5)cc(c1)c2c34. The number of pyridine rings is 1. The summed E-state index contributed by atoms with van der Waals surface area (Å²) in [7, 11) is 0. The summed E-state index contributed by atoms with van der Waals surface area (Å²) in [5, 5.41) is 7.96. The van der Waals surface area contributed by atoms with Crippen LogP contribution in [-0.4, -0.2) is 4.98 Å². The van der Waals surface area contributed by atoms with E-state index in [9.17, 15) is 0 Å². The first-order chi connectivity index (χ1) is 10.9. The zero-order valence-corrected chi connectivity index (χ0v) is 12.0. The summed E-state index contributed by atoms with van der Waals surface area (Å²) < 4.78 is 0. The average Bonchev–Trinajstić information content (AvgIpc) is 2.60. The second kappa shape index (κ2) is 4.28. The molecule has 0 fully saturated rings. The van der Waals surface area contributed by atoms with E-state index in [1.165, 1.54) is 43.4 Å². The van der Waals surface area contributed by atoms with Crippen molar-refractivity contribution in [2.75, 3.05) is 0 Å². The minimum absolute atomic E-state index is 1.22. The standard InChI is InChI=1S/C21H13N/c1-3-15-7-8-16-4-2-6-18-19(14-9-11-22-12-10-14)13-17(5-1)20(15)21(16)18/h1-13H. The summed E-state index contributed by atoms with van der Waals surface area (Å²) >= 11 is 0. The highest BCUT2D eigenvalue weighted by molar-refractivity contribution is 6.26. The molecule has 0 spiro atoms. The molecule has 5 rings (SSSR count). The van der Waals surface area contributed by atoms with Gasteiger partial charge in [0.2, 0.25) is 0 Å². The van der Waals surface area contributed by atoms with Gasteiger partial charge < -0.3 is 0 Å². The van der Waals surface area contributed by atoms with Crippen LogP contribution in [0.2, 0.25) is 0 Å². The Labute approximate surface area is 128 Å². The van der Waals surface area contributed by atoms with Gasteiger partial charge >= 0.3 is 0 Å². The highest BCUT2D eigenvalue weighted by Gasteiger charge is 2.12. The van der Waals surface area contributed by atoms with E-state index in [4.69, 9.17) is 0 Å². The van der Waals surface area contributed by atoms with Crippen LogP contribution in [0.1, 0.15) is 0 Å². The molecule has 1 aromatic heterocycles. The lowest BCUT2D eigenvalue weighted by Crippen LogP contribution is -1.87. The molecule has 1 nitrogen and oxygen atoms in total. The van der Waals surface area contributed by atoms with Crippen LogP contribution in [0, 0.1) is 0 Å². The summed E-state index contributed by atoms with van der Waals surface area (Å²) in [5.74, 6) is 0. The van der Waals surface area contributed by atoms with Gasteiger partial charge in [-0.3, -0.25) is 4.98 Å². The van der Waals surface area contributed by atoms with E-state index in [0.29, 0.717) is 0 Å². The maximum Gasteiger partial charge on any atom is 0.0273 e. The molecule has 102 valence electrons. The Balaban J connectivity index is 2.07. The molecule has 0 bridgehead atoms. The molecule has 1 heterocycles. The van der Waals surface area contributed by atoms with E-state index in [2.05, 4.69) is 71.7 Å². The van der Waals surface area contributed by atoms with Crippen LogP contribution in [-0.2, 0) is 0 Å². The van der Waals surface area contributed by atoms with Crippen molar-refractivity contribution in [3.63, 3.8) is 0 Å². The lowest BCUT2D eigenvalue weighted by Gasteiger charge is -2.14. The molecule has 1 heteroatoms. The molecule has 22 heavy (non-hydrogen) atoms. The summed E-state index contributed by atoms with van der Waals surface area (Å²) in [6.45, 7) is 0. The molecule has 0 saturated heterocycles. The Kier molecular flexibility index (Phi) is 2.28. The van der Waals surface area contributed by atoms with Gasteiger partial charge in [0.25, 0.3) is 0 Å². The molecular formula is C21H13N. The number of benzene rings is 4. The molecule has 0 radical (unpaired) electrons. The van der Waals surface area contributed by atoms with Crippen LogP contribution >= 0.6 is 0 Å². The van der Waals surface area contributed by atoms with Gasteiger partial charge in [-0.05, 0) is 61.6 Å². The Morgan fingerprint density at radius 1 is 0.591 bits per heavy atom. The van der Waals surface area contributed by atoms with Crippen molar-refractivity contribution in [2.24, 2.45) is 0 Å². The van der Waals surface area contributed by atoms with E-state index in [-0.39, 0.29) is 0 Å². The van der Waals surface area contributed by atoms with Crippen LogP contribution in [0.25, 0.3) is 43.4 Å². The number of hydrogen-bond donors (Lipinski definition) is 0. The molecule has 0 aliphatic heterocycles. The maximum absolute atomic E-state index is 4.14. The smallest absolute Gasteiger partial charge is 0.0273 e. The van der Waals surface area contributed by atoms with Crippen LogP contribution in [0.5, 0.6) is 0 Å². The number of nitrogens with zero attached hydrogens (tertiary/aromatic N) is 1. The number of aromatic nitrogens is 1. The van der Waals surface area contributed by atoms with Crippen LogP contribution in [0.15, 0.2) is 79.1 Å². The van der Waals surface area contributed by atoms with Gasteiger partial charge in [-0.2, -0.15) is 0 Å². The van der Waals surface area contributed by atoms with Crippen molar-refractivity contribution in [1.82, 2.24) is 4.98 Å². The second-order valence-corrected chi connectivity index (χ2v) is 5.71. The fourth-order valence-electron chi connectivity index (χ4n) is 3.53. The Morgan fingerprint density at radius 3 is 2.09 bits per heavy atom. The summed E-state index contributed by atoms with van der Waals surface area (Å²) in [6, 6.07) is 24.0. The van der Waals surface area contributed by atoms with Gasteiger partial charge in [-0.25, -0.2) is 0 Å². The van der Waals surface area contributed by atoms with Gasteiger partial charge in [0, 0.05) is 12.4 Å². The van der Waals surface area contributed by atoms with Crippen molar-refractivity contribution in [1.29, 1.82) is 0 Å². The van der Waals surface area contributed by atoms with E-state index >= 15 is 0 Å². The minimum atomic E-state index is 1.22. The number of hydrogen-bond acceptors (Lipinski definition) is 1. The Hall–Kier alpha value is -2.93. The predicted molar refractivity (Wildman–Crippen MR) is 93.4 cm³/mol. The second-order valence-electron chi connectivity index (χ2n) is 5.71. The first-order valence-electron chi connectivity index (χ1n) is 7.49. The summed E-state index contributed by atoms with van der Waals surface area (Å²) in [4.78, 5) is 4.14. The highest BCUT2D eigenvalue weighted by Crippen LogP contribution is 2.39. The minimum Gasteiger partial charge on any atom is -0.265 e. The largest absolute Gasteiger partial charge is 0.265 e. The van der Waals surface area contributed by atoms with E-state index < -0.39 is 0 Å². The molecule has 0 atom stereocenters. The first kappa shape index (κ1) is 11.7. The van der Waals surface area contributed by atoms with Gasteiger partial charge in [0.15, 0.2) is 0 Å². The third-order valence-electron chi connectivity index (χ3n) is 4.50. The molecule has 0 unspecified atom stereocenters. The summed E-state index contributed by atoms with van der Waals surface area (Å²) in [6.07, 6.45) is 3.72. The normalized spacial score (nSPS) is 11.6. The molecule has 0 amide bonds. The quantitative estimate of drug-likeness (QED) is 0.361. The molecule has 0 saturated carbocycles. The summed E-state index contributed by atoms with van der Waals surface area (Å²) in [5.41, 5.74) is 2.49. The first-order valence-corrected chi connectivity index (χ1v) is 7.49. The zero-order valence-electron chi connectivity index (χ0n) is 12.0. The fraction of sp³-hybridized carbons (Fsp3) is 0. The maximum atomic E-state index is 4.14. The molecule has 0 aliphatic rings. The monoisotopic (exact) mass is 279 g/mol. The van der Waals surface area contributed by atoms with Gasteiger partial charge in [0.05, 0.1) is 0 Å². The van der Waals surface area contributed by atoms with Crippen LogP contribution in [0.4, 0.5) is 0 Å². The topological polar surface area (TPSA) is 12.9 Å². The van der Waals surface area contributed by atoms with Gasteiger partial charge in [-0.1, -0.05) is 48.5 Å². The van der Waals surface area contributed by atoms with Crippen molar-refractivity contribution >= 4 is 32.3 Å². The van der Waals surface area contributed by atoms with E-state index in [1.54, 1.807) is 0 Å². The van der Waals surface area contributed by atoms with Crippen molar-refractivity contribution in [3.05, 3.63) is 79.1 Å². The third kappa shape index (κ3) is 1.51. The molecular weight excluding hydrogens is 266 g/mol. The zero-order chi connectivity index (χ0) is 14.5. The molecule has 0 N–H and O–H groups in total. The lowest BCUT2D eigenvalue weighted by atomic mass is 9.89. The fourth-order valence-corrected chi connectivity index (χ4v) is 3.53. The average molecular weight is 279 g/mol. The Morgan fingerprint density at radius 2 is 1.27 bits per heavy atom. The lowest BCUT2D eigenvalue weighted by molar-refractivity contribution is 1.33. The van der Waals surface area contributed by atoms with Gasteiger partial charge in [0.1, 0.15) is 0 Å². The predicted octanol–water partition coefficient (Wildman–Crippen LogP) is 5.65.